The smallest absolute Gasteiger partial charge is 0.0995 e. The van der Waals surface area contributed by atoms with Crippen LogP contribution in [-0.4, -0.2) is 15.0 Å². The van der Waals surface area contributed by atoms with Crippen molar-refractivity contribution in [2.75, 3.05) is 0 Å². The molecule has 0 atom stereocenters. The highest BCUT2D eigenvalue weighted by molar-refractivity contribution is 6.27. The SMILES string of the molecule is c1ccc(-c2nc3cc(-c4ccc(-c5ccc6c7ccccc7c7ccccc7c6c5)cc4)c4c5ccccc5nc(-c5ccc6ccccc6c5)c4c3nc2-c2ccccc2)cc1. The summed E-state index contributed by atoms with van der Waals surface area (Å²) in [6.07, 6.45) is 0. The van der Waals surface area contributed by atoms with Crippen LogP contribution in [0, 0.1) is 0 Å². The lowest BCUT2D eigenvalue weighted by molar-refractivity contribution is 1.30. The zero-order chi connectivity index (χ0) is 42.1. The molecule has 0 N–H and O–H groups in total. The van der Waals surface area contributed by atoms with Crippen molar-refractivity contribution in [3.63, 3.8) is 0 Å². The lowest BCUT2D eigenvalue weighted by Gasteiger charge is -2.18. The first-order chi connectivity index (χ1) is 31.7. The van der Waals surface area contributed by atoms with Crippen molar-refractivity contribution in [3.05, 3.63) is 224 Å². The predicted octanol–water partition coefficient (Wildman–Crippen LogP) is 16.3. The zero-order valence-corrected chi connectivity index (χ0v) is 34.7. The average molecular weight is 812 g/mol. The molecule has 2 heterocycles. The van der Waals surface area contributed by atoms with Crippen molar-refractivity contribution in [2.45, 2.75) is 0 Å². The molecule has 0 aliphatic carbocycles. The molecule has 0 radical (unpaired) electrons. The number of nitrogens with zero attached hydrogens (tertiary/aromatic N) is 3. The molecule has 296 valence electrons. The third-order valence-corrected chi connectivity index (χ3v) is 13.0. The normalized spacial score (nSPS) is 11.8. The Bertz CT molecular complexity index is 3950. The lowest BCUT2D eigenvalue weighted by atomic mass is 9.89. The maximum Gasteiger partial charge on any atom is 0.0995 e. The lowest BCUT2D eigenvalue weighted by Crippen LogP contribution is -2.00. The van der Waals surface area contributed by atoms with Gasteiger partial charge in [-0.15, -0.1) is 0 Å². The highest BCUT2D eigenvalue weighted by Gasteiger charge is 2.23. The summed E-state index contributed by atoms with van der Waals surface area (Å²) in [6.45, 7) is 0. The first-order valence-corrected chi connectivity index (χ1v) is 21.8. The topological polar surface area (TPSA) is 38.7 Å². The van der Waals surface area contributed by atoms with Crippen LogP contribution in [0.1, 0.15) is 0 Å². The van der Waals surface area contributed by atoms with Crippen molar-refractivity contribution < 1.29 is 0 Å². The van der Waals surface area contributed by atoms with E-state index in [0.717, 1.165) is 88.6 Å². The van der Waals surface area contributed by atoms with Crippen LogP contribution in [0.25, 0.3) is 132 Å². The Morgan fingerprint density at radius 1 is 0.234 bits per heavy atom. The van der Waals surface area contributed by atoms with Gasteiger partial charge in [0.15, 0.2) is 0 Å². The van der Waals surface area contributed by atoms with Crippen molar-refractivity contribution in [3.8, 4) is 56.0 Å². The van der Waals surface area contributed by atoms with Crippen LogP contribution in [0.3, 0.4) is 0 Å². The quantitative estimate of drug-likeness (QED) is 0.163. The van der Waals surface area contributed by atoms with Crippen molar-refractivity contribution >= 4 is 75.8 Å². The van der Waals surface area contributed by atoms with Crippen LogP contribution in [0.2, 0.25) is 0 Å². The van der Waals surface area contributed by atoms with Gasteiger partial charge in [-0.05, 0) is 89.6 Å². The second kappa shape index (κ2) is 14.5. The molecule has 11 aromatic carbocycles. The second-order valence-corrected chi connectivity index (χ2v) is 16.7. The monoisotopic (exact) mass is 811 g/mol. The number of rotatable bonds is 5. The Balaban J connectivity index is 1.08. The van der Waals surface area contributed by atoms with E-state index in [2.05, 4.69) is 212 Å². The van der Waals surface area contributed by atoms with Gasteiger partial charge in [-0.1, -0.05) is 200 Å². The largest absolute Gasteiger partial charge is 0.247 e. The van der Waals surface area contributed by atoms with E-state index in [-0.39, 0.29) is 0 Å². The van der Waals surface area contributed by atoms with E-state index in [0.29, 0.717) is 0 Å². The van der Waals surface area contributed by atoms with Crippen LogP contribution >= 0.6 is 0 Å². The van der Waals surface area contributed by atoms with Crippen LogP contribution in [0.5, 0.6) is 0 Å². The molecule has 3 nitrogen and oxygen atoms in total. The molecule has 0 saturated carbocycles. The maximum atomic E-state index is 5.66. The van der Waals surface area contributed by atoms with Crippen molar-refractivity contribution in [1.82, 2.24) is 15.0 Å². The van der Waals surface area contributed by atoms with E-state index in [1.54, 1.807) is 0 Å². The molecule has 3 heteroatoms. The minimum absolute atomic E-state index is 0.817. The minimum atomic E-state index is 0.817. The summed E-state index contributed by atoms with van der Waals surface area (Å²) < 4.78 is 0. The summed E-state index contributed by atoms with van der Waals surface area (Å²) >= 11 is 0. The van der Waals surface area contributed by atoms with E-state index >= 15 is 0 Å². The number of pyridine rings is 1. The van der Waals surface area contributed by atoms with Gasteiger partial charge in [0, 0.05) is 32.8 Å². The summed E-state index contributed by atoms with van der Waals surface area (Å²) in [5.41, 5.74) is 12.8. The predicted molar refractivity (Wildman–Crippen MR) is 270 cm³/mol. The molecule has 0 bridgehead atoms. The molecule has 0 aliphatic rings. The van der Waals surface area contributed by atoms with Gasteiger partial charge in [0.05, 0.1) is 33.6 Å². The number of benzene rings is 11. The number of hydrogen-bond acceptors (Lipinski definition) is 3. The second-order valence-electron chi connectivity index (χ2n) is 16.7. The molecular formula is C61H37N3. The molecule has 0 unspecified atom stereocenters. The highest BCUT2D eigenvalue weighted by atomic mass is 14.8. The van der Waals surface area contributed by atoms with Gasteiger partial charge in [-0.3, -0.25) is 0 Å². The van der Waals surface area contributed by atoms with Gasteiger partial charge in [-0.25, -0.2) is 15.0 Å². The Morgan fingerprint density at radius 3 is 1.42 bits per heavy atom. The molecular weight excluding hydrogens is 775 g/mol. The van der Waals surface area contributed by atoms with Gasteiger partial charge >= 0.3 is 0 Å². The summed E-state index contributed by atoms with van der Waals surface area (Å²) in [4.78, 5) is 16.7. The fraction of sp³-hybridized carbons (Fsp3) is 0. The molecule has 0 amide bonds. The zero-order valence-electron chi connectivity index (χ0n) is 34.7. The van der Waals surface area contributed by atoms with E-state index in [1.807, 2.05) is 12.1 Å². The third kappa shape index (κ3) is 5.79. The number of hydrogen-bond donors (Lipinski definition) is 0. The van der Waals surface area contributed by atoms with E-state index in [9.17, 15) is 0 Å². The first kappa shape index (κ1) is 36.2. The Hall–Kier alpha value is -8.53. The van der Waals surface area contributed by atoms with Crippen molar-refractivity contribution in [1.29, 1.82) is 0 Å². The van der Waals surface area contributed by atoms with Gasteiger partial charge in [0.2, 0.25) is 0 Å². The first-order valence-electron chi connectivity index (χ1n) is 21.8. The molecule has 0 fully saturated rings. The fourth-order valence-electron chi connectivity index (χ4n) is 9.96. The maximum absolute atomic E-state index is 5.66. The number of fused-ring (bicyclic) bond motifs is 12. The minimum Gasteiger partial charge on any atom is -0.247 e. The fourth-order valence-corrected chi connectivity index (χ4v) is 9.96. The highest BCUT2D eigenvalue weighted by Crippen LogP contribution is 2.45. The molecule has 64 heavy (non-hydrogen) atoms. The molecule has 2 aromatic heterocycles. The van der Waals surface area contributed by atoms with Gasteiger partial charge in [0.25, 0.3) is 0 Å². The number of para-hydroxylation sites is 1. The average Bonchev–Trinajstić information content (AvgIpc) is 3.38. The summed E-state index contributed by atoms with van der Waals surface area (Å²) in [7, 11) is 0. The standard InChI is InChI=1S/C61H37N3/c1-3-16-41(17-4-1)59-60(42-18-5-2-6-19-42)64-61-55(63-59)37-52(56-51-25-13-14-26-54(51)62-58(57(56)61)45-32-29-38-15-7-8-20-43(38)35-45)40-30-27-39(28-31-40)44-33-34-50-48-23-10-9-21-46(48)47-22-11-12-24-49(47)53(50)36-44/h1-37H. The van der Waals surface area contributed by atoms with Crippen LogP contribution < -0.4 is 0 Å². The van der Waals surface area contributed by atoms with Crippen molar-refractivity contribution in [2.24, 2.45) is 0 Å². The molecule has 0 aliphatic heterocycles. The van der Waals surface area contributed by atoms with Gasteiger partial charge < -0.3 is 0 Å². The Labute approximate surface area is 369 Å². The molecule has 0 saturated heterocycles. The third-order valence-electron chi connectivity index (χ3n) is 13.0. The van der Waals surface area contributed by atoms with E-state index < -0.39 is 0 Å². The summed E-state index contributed by atoms with van der Waals surface area (Å²) in [5.74, 6) is 0. The number of aromatic nitrogens is 3. The molecule has 13 rings (SSSR count). The van der Waals surface area contributed by atoms with Crippen LogP contribution in [0.15, 0.2) is 224 Å². The summed E-state index contributed by atoms with van der Waals surface area (Å²) in [5, 5.41) is 13.2. The Kier molecular flexibility index (Phi) is 8.22. The van der Waals surface area contributed by atoms with Gasteiger partial charge in [0.1, 0.15) is 0 Å². The summed E-state index contributed by atoms with van der Waals surface area (Å²) in [6, 6.07) is 80.3. The van der Waals surface area contributed by atoms with E-state index in [4.69, 9.17) is 15.0 Å². The van der Waals surface area contributed by atoms with E-state index in [1.165, 1.54) is 43.3 Å². The molecule has 13 aromatic rings. The molecule has 0 spiro atoms. The van der Waals surface area contributed by atoms with Crippen LogP contribution in [0.4, 0.5) is 0 Å². The van der Waals surface area contributed by atoms with Gasteiger partial charge in [-0.2, -0.15) is 0 Å². The van der Waals surface area contributed by atoms with Crippen LogP contribution in [-0.2, 0) is 0 Å². The Morgan fingerprint density at radius 2 is 0.734 bits per heavy atom.